The van der Waals surface area contributed by atoms with Crippen molar-refractivity contribution in [3.8, 4) is 11.5 Å². The largest absolute Gasteiger partial charge is 0.421 e. The van der Waals surface area contributed by atoms with E-state index in [9.17, 15) is 0 Å². The monoisotopic (exact) mass is 257 g/mol. The maximum absolute atomic E-state index is 5.52. The molecule has 1 N–H and O–H groups in total. The number of nitrogens with one attached hydrogen (secondary N) is 1. The van der Waals surface area contributed by atoms with Crippen LogP contribution in [-0.4, -0.2) is 16.7 Å². The molecule has 1 aliphatic rings. The Morgan fingerprint density at radius 3 is 2.74 bits per heavy atom. The SMILES string of the molecule is Cc1nnc(-c2ccccc2NCC2CCCC2)o1. The van der Waals surface area contributed by atoms with E-state index in [1.165, 1.54) is 25.7 Å². The Morgan fingerprint density at radius 1 is 1.21 bits per heavy atom. The number of aromatic nitrogens is 2. The third-order valence-corrected chi connectivity index (χ3v) is 3.74. The molecule has 0 atom stereocenters. The average Bonchev–Trinajstić information content (AvgIpc) is 3.08. The number of nitrogens with zero attached hydrogens (tertiary/aromatic N) is 2. The molecule has 1 aromatic heterocycles. The third kappa shape index (κ3) is 2.78. The maximum atomic E-state index is 5.52. The first-order valence-electron chi connectivity index (χ1n) is 6.96. The Balaban J connectivity index is 1.77. The molecule has 3 rings (SSSR count). The Labute approximate surface area is 113 Å². The lowest BCUT2D eigenvalue weighted by atomic mass is 10.1. The lowest BCUT2D eigenvalue weighted by Gasteiger charge is -2.13. The topological polar surface area (TPSA) is 51.0 Å². The van der Waals surface area contributed by atoms with E-state index in [1.807, 2.05) is 25.1 Å². The summed E-state index contributed by atoms with van der Waals surface area (Å²) in [6.45, 7) is 2.84. The molecule has 1 fully saturated rings. The van der Waals surface area contributed by atoms with Crippen molar-refractivity contribution in [3.63, 3.8) is 0 Å². The van der Waals surface area contributed by atoms with Gasteiger partial charge in [0, 0.05) is 19.2 Å². The fourth-order valence-electron chi connectivity index (χ4n) is 2.70. The van der Waals surface area contributed by atoms with Gasteiger partial charge in [-0.25, -0.2) is 0 Å². The first kappa shape index (κ1) is 12.2. The van der Waals surface area contributed by atoms with Crippen LogP contribution in [0.15, 0.2) is 28.7 Å². The molecular formula is C15H19N3O. The highest BCUT2D eigenvalue weighted by Crippen LogP contribution is 2.29. The normalized spacial score (nSPS) is 15.8. The van der Waals surface area contributed by atoms with Crippen LogP contribution in [0.3, 0.4) is 0 Å². The molecule has 0 amide bonds. The predicted octanol–water partition coefficient (Wildman–Crippen LogP) is 3.65. The number of anilines is 1. The summed E-state index contributed by atoms with van der Waals surface area (Å²) in [6, 6.07) is 8.12. The quantitative estimate of drug-likeness (QED) is 0.908. The fourth-order valence-corrected chi connectivity index (χ4v) is 2.70. The maximum Gasteiger partial charge on any atom is 0.249 e. The van der Waals surface area contributed by atoms with Crippen LogP contribution in [0.5, 0.6) is 0 Å². The van der Waals surface area contributed by atoms with Crippen LogP contribution in [-0.2, 0) is 0 Å². The van der Waals surface area contributed by atoms with Crippen LogP contribution >= 0.6 is 0 Å². The standard InChI is InChI=1S/C15H19N3O/c1-11-17-18-15(19-11)13-8-4-5-9-14(13)16-10-12-6-2-3-7-12/h4-5,8-9,12,16H,2-3,6-7,10H2,1H3. The van der Waals surface area contributed by atoms with Crippen molar-refractivity contribution in [1.82, 2.24) is 10.2 Å². The molecule has 1 aromatic carbocycles. The highest BCUT2D eigenvalue weighted by Gasteiger charge is 2.16. The minimum atomic E-state index is 0.590. The second-order valence-electron chi connectivity index (χ2n) is 5.20. The second-order valence-corrected chi connectivity index (χ2v) is 5.20. The minimum Gasteiger partial charge on any atom is -0.421 e. The molecule has 0 unspecified atom stereocenters. The highest BCUT2D eigenvalue weighted by molar-refractivity contribution is 5.72. The summed E-state index contributed by atoms with van der Waals surface area (Å²) in [4.78, 5) is 0. The molecule has 19 heavy (non-hydrogen) atoms. The number of hydrogen-bond acceptors (Lipinski definition) is 4. The number of hydrogen-bond donors (Lipinski definition) is 1. The summed E-state index contributed by atoms with van der Waals surface area (Å²) in [5.74, 6) is 1.99. The molecule has 2 aromatic rings. The van der Waals surface area contributed by atoms with Gasteiger partial charge in [0.15, 0.2) is 0 Å². The Hall–Kier alpha value is -1.84. The molecule has 0 bridgehead atoms. The molecule has 0 aliphatic heterocycles. The van der Waals surface area contributed by atoms with E-state index in [2.05, 4.69) is 21.6 Å². The van der Waals surface area contributed by atoms with Crippen LogP contribution in [0.4, 0.5) is 5.69 Å². The van der Waals surface area contributed by atoms with Crippen LogP contribution in [0.25, 0.3) is 11.5 Å². The summed E-state index contributed by atoms with van der Waals surface area (Å²) in [6.07, 6.45) is 5.43. The molecular weight excluding hydrogens is 238 g/mol. The molecule has 1 aliphatic carbocycles. The van der Waals surface area contributed by atoms with Gasteiger partial charge in [-0.2, -0.15) is 0 Å². The van der Waals surface area contributed by atoms with Gasteiger partial charge in [-0.1, -0.05) is 25.0 Å². The molecule has 1 saturated carbocycles. The van der Waals surface area contributed by atoms with Gasteiger partial charge in [0.2, 0.25) is 11.8 Å². The minimum absolute atomic E-state index is 0.590. The first-order valence-corrected chi connectivity index (χ1v) is 6.96. The Bertz CT molecular complexity index is 544. The summed E-state index contributed by atoms with van der Waals surface area (Å²) < 4.78 is 5.52. The number of benzene rings is 1. The average molecular weight is 257 g/mol. The van der Waals surface area contributed by atoms with Crippen LogP contribution in [0.1, 0.15) is 31.6 Å². The summed E-state index contributed by atoms with van der Waals surface area (Å²) in [5.41, 5.74) is 2.07. The van der Waals surface area contributed by atoms with E-state index in [1.54, 1.807) is 0 Å². The Kier molecular flexibility index (Phi) is 3.49. The van der Waals surface area contributed by atoms with Crippen molar-refractivity contribution in [1.29, 1.82) is 0 Å². The second kappa shape index (κ2) is 5.43. The zero-order valence-corrected chi connectivity index (χ0v) is 11.2. The molecule has 0 spiro atoms. The first-order chi connectivity index (χ1) is 9.33. The van der Waals surface area contributed by atoms with Crippen molar-refractivity contribution >= 4 is 5.69 Å². The van der Waals surface area contributed by atoms with E-state index in [0.29, 0.717) is 11.8 Å². The number of rotatable bonds is 4. The van der Waals surface area contributed by atoms with Gasteiger partial charge in [0.1, 0.15) is 0 Å². The summed E-state index contributed by atoms with van der Waals surface area (Å²) in [5, 5.41) is 11.5. The van der Waals surface area contributed by atoms with Gasteiger partial charge in [0.05, 0.1) is 5.56 Å². The van der Waals surface area contributed by atoms with Crippen molar-refractivity contribution in [3.05, 3.63) is 30.2 Å². The molecule has 0 saturated heterocycles. The van der Waals surface area contributed by atoms with E-state index >= 15 is 0 Å². The molecule has 100 valence electrons. The zero-order chi connectivity index (χ0) is 13.1. The van der Waals surface area contributed by atoms with Crippen LogP contribution in [0.2, 0.25) is 0 Å². The van der Waals surface area contributed by atoms with E-state index < -0.39 is 0 Å². The molecule has 4 heteroatoms. The van der Waals surface area contributed by atoms with E-state index in [-0.39, 0.29) is 0 Å². The summed E-state index contributed by atoms with van der Waals surface area (Å²) in [7, 11) is 0. The van der Waals surface area contributed by atoms with Crippen molar-refractivity contribution in [2.75, 3.05) is 11.9 Å². The Morgan fingerprint density at radius 2 is 2.00 bits per heavy atom. The smallest absolute Gasteiger partial charge is 0.249 e. The molecule has 0 radical (unpaired) electrons. The number of aryl methyl sites for hydroxylation is 1. The fraction of sp³-hybridized carbons (Fsp3) is 0.467. The van der Waals surface area contributed by atoms with E-state index in [4.69, 9.17) is 4.42 Å². The van der Waals surface area contributed by atoms with Crippen LogP contribution in [0, 0.1) is 12.8 Å². The van der Waals surface area contributed by atoms with Gasteiger partial charge in [0.25, 0.3) is 0 Å². The highest BCUT2D eigenvalue weighted by atomic mass is 16.4. The molecule has 4 nitrogen and oxygen atoms in total. The van der Waals surface area contributed by atoms with Gasteiger partial charge in [-0.3, -0.25) is 0 Å². The van der Waals surface area contributed by atoms with Crippen LogP contribution < -0.4 is 5.32 Å². The van der Waals surface area contributed by atoms with E-state index in [0.717, 1.165) is 23.7 Å². The van der Waals surface area contributed by atoms with Gasteiger partial charge in [-0.15, -0.1) is 10.2 Å². The van der Waals surface area contributed by atoms with Gasteiger partial charge >= 0.3 is 0 Å². The lowest BCUT2D eigenvalue weighted by Crippen LogP contribution is -2.11. The van der Waals surface area contributed by atoms with Crippen molar-refractivity contribution in [2.45, 2.75) is 32.6 Å². The third-order valence-electron chi connectivity index (χ3n) is 3.74. The zero-order valence-electron chi connectivity index (χ0n) is 11.2. The van der Waals surface area contributed by atoms with Crippen molar-refractivity contribution < 1.29 is 4.42 Å². The van der Waals surface area contributed by atoms with Crippen molar-refractivity contribution in [2.24, 2.45) is 5.92 Å². The predicted molar refractivity (Wildman–Crippen MR) is 74.9 cm³/mol. The van der Waals surface area contributed by atoms with Gasteiger partial charge in [-0.05, 0) is 30.9 Å². The summed E-state index contributed by atoms with van der Waals surface area (Å²) >= 11 is 0. The lowest BCUT2D eigenvalue weighted by molar-refractivity contribution is 0.532. The molecule has 1 heterocycles. The van der Waals surface area contributed by atoms with Gasteiger partial charge < -0.3 is 9.73 Å². The number of para-hydroxylation sites is 1.